The van der Waals surface area contributed by atoms with Crippen molar-refractivity contribution < 1.29 is 4.79 Å². The zero-order valence-corrected chi connectivity index (χ0v) is 14.0. The molecule has 1 amide bonds. The van der Waals surface area contributed by atoms with Crippen molar-refractivity contribution in [1.29, 1.82) is 0 Å². The molecule has 2 aromatic rings. The van der Waals surface area contributed by atoms with Gasteiger partial charge in [0.05, 0.1) is 0 Å². The number of anilines is 1. The number of nitrogens with zero attached hydrogens (tertiary/aromatic N) is 1. The molecule has 1 aliphatic rings. The molecule has 3 heteroatoms. The number of hydrogen-bond donors (Lipinski definition) is 0. The van der Waals surface area contributed by atoms with Crippen LogP contribution < -0.4 is 4.90 Å². The SMILES string of the molecule is O=C1CCc2cc(I)ccc2N1CCCc1ccccc1. The van der Waals surface area contributed by atoms with Gasteiger partial charge in [0, 0.05) is 22.2 Å². The van der Waals surface area contributed by atoms with Crippen molar-refractivity contribution in [2.45, 2.75) is 25.7 Å². The summed E-state index contributed by atoms with van der Waals surface area (Å²) >= 11 is 2.33. The maximum atomic E-state index is 12.2. The van der Waals surface area contributed by atoms with Crippen molar-refractivity contribution in [1.82, 2.24) is 0 Å². The van der Waals surface area contributed by atoms with Crippen molar-refractivity contribution in [3.63, 3.8) is 0 Å². The molecule has 0 saturated heterocycles. The van der Waals surface area contributed by atoms with Crippen molar-refractivity contribution in [3.8, 4) is 0 Å². The van der Waals surface area contributed by atoms with Gasteiger partial charge in [-0.05, 0) is 71.2 Å². The lowest BCUT2D eigenvalue weighted by Crippen LogP contribution is -2.36. The Morgan fingerprint density at radius 3 is 2.67 bits per heavy atom. The molecule has 3 rings (SSSR count). The molecule has 0 unspecified atom stereocenters. The summed E-state index contributed by atoms with van der Waals surface area (Å²) in [5.41, 5.74) is 3.76. The molecule has 0 aromatic heterocycles. The minimum absolute atomic E-state index is 0.261. The third-order valence-corrected chi connectivity index (χ3v) is 4.60. The monoisotopic (exact) mass is 391 g/mol. The highest BCUT2D eigenvalue weighted by molar-refractivity contribution is 14.1. The van der Waals surface area contributed by atoms with Crippen molar-refractivity contribution in [3.05, 3.63) is 63.2 Å². The van der Waals surface area contributed by atoms with Gasteiger partial charge in [0.15, 0.2) is 0 Å². The largest absolute Gasteiger partial charge is 0.312 e. The molecule has 0 bridgehead atoms. The number of carbonyl (C=O) groups excluding carboxylic acids is 1. The zero-order chi connectivity index (χ0) is 14.7. The second kappa shape index (κ2) is 6.60. The van der Waals surface area contributed by atoms with Gasteiger partial charge in [-0.3, -0.25) is 4.79 Å². The Labute approximate surface area is 139 Å². The van der Waals surface area contributed by atoms with Crippen LogP contribution in [0.4, 0.5) is 5.69 Å². The fourth-order valence-electron chi connectivity index (χ4n) is 2.86. The number of amides is 1. The Morgan fingerprint density at radius 2 is 1.86 bits per heavy atom. The van der Waals surface area contributed by atoms with Crippen LogP contribution >= 0.6 is 22.6 Å². The predicted octanol–water partition coefficient (Wildman–Crippen LogP) is 4.20. The molecule has 1 aliphatic heterocycles. The van der Waals surface area contributed by atoms with E-state index in [1.807, 2.05) is 11.0 Å². The number of halogens is 1. The molecule has 0 saturated carbocycles. The third kappa shape index (κ3) is 3.46. The van der Waals surface area contributed by atoms with Crippen LogP contribution in [-0.2, 0) is 17.6 Å². The van der Waals surface area contributed by atoms with Crippen LogP contribution in [0.1, 0.15) is 24.0 Å². The maximum absolute atomic E-state index is 12.2. The Kier molecular flexibility index (Phi) is 4.58. The predicted molar refractivity (Wildman–Crippen MR) is 94.6 cm³/mol. The molecular formula is C18H18INO. The van der Waals surface area contributed by atoms with Crippen LogP contribution in [0.25, 0.3) is 0 Å². The molecule has 0 N–H and O–H groups in total. The maximum Gasteiger partial charge on any atom is 0.227 e. The molecular weight excluding hydrogens is 373 g/mol. The lowest BCUT2D eigenvalue weighted by molar-refractivity contribution is -0.118. The van der Waals surface area contributed by atoms with Gasteiger partial charge < -0.3 is 4.90 Å². The highest BCUT2D eigenvalue weighted by Crippen LogP contribution is 2.29. The Morgan fingerprint density at radius 1 is 1.05 bits per heavy atom. The highest BCUT2D eigenvalue weighted by atomic mass is 127. The zero-order valence-electron chi connectivity index (χ0n) is 11.9. The first-order valence-electron chi connectivity index (χ1n) is 7.37. The van der Waals surface area contributed by atoms with Gasteiger partial charge in [-0.25, -0.2) is 0 Å². The summed E-state index contributed by atoms with van der Waals surface area (Å²) in [6.07, 6.45) is 3.53. The van der Waals surface area contributed by atoms with Gasteiger partial charge in [-0.1, -0.05) is 30.3 Å². The summed E-state index contributed by atoms with van der Waals surface area (Å²) in [6.45, 7) is 0.807. The van der Waals surface area contributed by atoms with E-state index in [0.29, 0.717) is 6.42 Å². The molecule has 2 aromatic carbocycles. The van der Waals surface area contributed by atoms with Crippen LogP contribution in [-0.4, -0.2) is 12.5 Å². The van der Waals surface area contributed by atoms with E-state index < -0.39 is 0 Å². The lowest BCUT2D eigenvalue weighted by atomic mass is 10.0. The van der Waals surface area contributed by atoms with Crippen LogP contribution in [0.5, 0.6) is 0 Å². The summed E-state index contributed by atoms with van der Waals surface area (Å²) in [5.74, 6) is 0.261. The molecule has 0 aliphatic carbocycles. The summed E-state index contributed by atoms with van der Waals surface area (Å²) in [5, 5.41) is 0. The van der Waals surface area contributed by atoms with E-state index in [-0.39, 0.29) is 5.91 Å². The van der Waals surface area contributed by atoms with Crippen LogP contribution in [0.15, 0.2) is 48.5 Å². The van der Waals surface area contributed by atoms with E-state index in [1.54, 1.807) is 0 Å². The van der Waals surface area contributed by atoms with Crippen molar-refractivity contribution >= 4 is 34.2 Å². The fourth-order valence-corrected chi connectivity index (χ4v) is 3.42. The van der Waals surface area contributed by atoms with Crippen LogP contribution in [0.2, 0.25) is 0 Å². The first-order chi connectivity index (χ1) is 10.2. The van der Waals surface area contributed by atoms with Crippen LogP contribution in [0.3, 0.4) is 0 Å². The van der Waals surface area contributed by atoms with Gasteiger partial charge >= 0.3 is 0 Å². The Hall–Kier alpha value is -1.36. The van der Waals surface area contributed by atoms with E-state index in [4.69, 9.17) is 0 Å². The van der Waals surface area contributed by atoms with Crippen LogP contribution in [0, 0.1) is 3.57 Å². The first kappa shape index (κ1) is 14.6. The molecule has 0 atom stereocenters. The minimum atomic E-state index is 0.261. The standard InChI is InChI=1S/C18H18INO/c19-16-9-10-17-15(13-16)8-11-18(21)20(17)12-4-7-14-5-2-1-3-6-14/h1-3,5-6,9-10,13H,4,7-8,11-12H2. The normalized spacial score (nSPS) is 14.1. The van der Waals surface area contributed by atoms with E-state index in [0.717, 1.165) is 31.5 Å². The Bertz CT molecular complexity index is 639. The quantitative estimate of drug-likeness (QED) is 0.716. The number of benzene rings is 2. The fraction of sp³-hybridized carbons (Fsp3) is 0.278. The van der Waals surface area contributed by atoms with Gasteiger partial charge in [0.25, 0.3) is 0 Å². The molecule has 108 valence electrons. The second-order valence-electron chi connectivity index (χ2n) is 5.41. The van der Waals surface area contributed by atoms with Gasteiger partial charge in [-0.15, -0.1) is 0 Å². The number of carbonyl (C=O) groups is 1. The van der Waals surface area contributed by atoms with E-state index in [2.05, 4.69) is 65.1 Å². The van der Waals surface area contributed by atoms with Gasteiger partial charge in [-0.2, -0.15) is 0 Å². The molecule has 2 nitrogen and oxygen atoms in total. The number of hydrogen-bond acceptors (Lipinski definition) is 1. The third-order valence-electron chi connectivity index (χ3n) is 3.93. The average molecular weight is 391 g/mol. The van der Waals surface area contributed by atoms with Crippen molar-refractivity contribution in [2.75, 3.05) is 11.4 Å². The topological polar surface area (TPSA) is 20.3 Å². The molecule has 0 fully saturated rings. The van der Waals surface area contributed by atoms with Gasteiger partial charge in [0.2, 0.25) is 5.91 Å². The highest BCUT2D eigenvalue weighted by Gasteiger charge is 2.23. The smallest absolute Gasteiger partial charge is 0.227 e. The number of rotatable bonds is 4. The minimum Gasteiger partial charge on any atom is -0.312 e. The number of aryl methyl sites for hydroxylation is 2. The molecule has 0 radical (unpaired) electrons. The lowest BCUT2D eigenvalue weighted by Gasteiger charge is -2.29. The van der Waals surface area contributed by atoms with E-state index >= 15 is 0 Å². The summed E-state index contributed by atoms with van der Waals surface area (Å²) in [6, 6.07) is 16.8. The van der Waals surface area contributed by atoms with Gasteiger partial charge in [0.1, 0.15) is 0 Å². The van der Waals surface area contributed by atoms with E-state index in [9.17, 15) is 4.79 Å². The molecule has 1 heterocycles. The van der Waals surface area contributed by atoms with Crippen molar-refractivity contribution in [2.24, 2.45) is 0 Å². The molecule has 0 spiro atoms. The number of fused-ring (bicyclic) bond motifs is 1. The summed E-state index contributed by atoms with van der Waals surface area (Å²) < 4.78 is 1.24. The van der Waals surface area contributed by atoms with E-state index in [1.165, 1.54) is 14.7 Å². The average Bonchev–Trinajstić information content (AvgIpc) is 2.50. The second-order valence-corrected chi connectivity index (χ2v) is 6.65. The first-order valence-corrected chi connectivity index (χ1v) is 8.44. The summed E-state index contributed by atoms with van der Waals surface area (Å²) in [4.78, 5) is 14.2. The summed E-state index contributed by atoms with van der Waals surface area (Å²) in [7, 11) is 0. The molecule has 21 heavy (non-hydrogen) atoms. The Balaban J connectivity index is 1.69.